The number of fused-ring (bicyclic) bond motifs is 1. The molecular weight excluding hydrogens is 282 g/mol. The van der Waals surface area contributed by atoms with Crippen molar-refractivity contribution >= 4 is 5.91 Å². The lowest BCUT2D eigenvalue weighted by Gasteiger charge is -2.19. The summed E-state index contributed by atoms with van der Waals surface area (Å²) in [6.07, 6.45) is 2.49. The summed E-state index contributed by atoms with van der Waals surface area (Å²) in [5, 5.41) is 8.81. The number of carbonyl (C=O) groups excluding carboxylic acids is 1. The Morgan fingerprint density at radius 2 is 2.19 bits per heavy atom. The van der Waals surface area contributed by atoms with Crippen molar-refractivity contribution in [2.45, 2.75) is 38.0 Å². The quantitative estimate of drug-likeness (QED) is 0.703. The van der Waals surface area contributed by atoms with Gasteiger partial charge in [0.05, 0.1) is 0 Å². The first kappa shape index (κ1) is 14.2. The summed E-state index contributed by atoms with van der Waals surface area (Å²) in [7, 11) is 0. The number of nitrogens with zero attached hydrogens (tertiary/aromatic N) is 1. The number of aryl methyl sites for hydroxylation is 1. The van der Waals surface area contributed by atoms with Crippen LogP contribution in [0.4, 0.5) is 8.78 Å². The zero-order chi connectivity index (χ0) is 15.0. The van der Waals surface area contributed by atoms with Crippen LogP contribution in [0.2, 0.25) is 0 Å². The maximum Gasteiger partial charge on any atom is 0.340 e. The number of halogens is 2. The molecule has 0 aromatic carbocycles. The molecule has 8 heteroatoms. The van der Waals surface area contributed by atoms with Crippen LogP contribution in [0.5, 0.6) is 0 Å². The molecule has 21 heavy (non-hydrogen) atoms. The second kappa shape index (κ2) is 5.23. The van der Waals surface area contributed by atoms with Crippen LogP contribution in [-0.4, -0.2) is 33.6 Å². The van der Waals surface area contributed by atoms with Crippen molar-refractivity contribution < 1.29 is 13.6 Å². The van der Waals surface area contributed by atoms with Gasteiger partial charge in [-0.1, -0.05) is 0 Å². The maximum absolute atomic E-state index is 13.3. The molecule has 3 atom stereocenters. The van der Waals surface area contributed by atoms with E-state index in [0.29, 0.717) is 44.5 Å². The first-order chi connectivity index (χ1) is 9.98. The molecule has 0 aliphatic heterocycles. The molecule has 1 amide bonds. The lowest BCUT2D eigenvalue weighted by Crippen LogP contribution is -2.33. The maximum atomic E-state index is 13.3. The molecule has 0 radical (unpaired) electrons. The molecule has 0 bridgehead atoms. The van der Waals surface area contributed by atoms with Crippen LogP contribution in [0.1, 0.15) is 31.5 Å². The topological polar surface area (TPSA) is 90.6 Å². The third-order valence-electron chi connectivity index (χ3n) is 4.54. The van der Waals surface area contributed by atoms with Gasteiger partial charge >= 0.3 is 5.69 Å². The summed E-state index contributed by atoms with van der Waals surface area (Å²) in [6, 6.07) is 0. The Morgan fingerprint density at radius 3 is 2.86 bits per heavy atom. The van der Waals surface area contributed by atoms with Crippen LogP contribution in [0, 0.1) is 17.8 Å². The molecule has 1 aromatic heterocycles. The SMILES string of the molecule is O=C(NCCCc1n[nH]c(=O)[nH]1)[C@H]1CC[C@@H]2[C@H](C1)C2(F)F. The normalized spacial score (nSPS) is 29.7. The van der Waals surface area contributed by atoms with Gasteiger partial charge in [-0.05, 0) is 25.7 Å². The van der Waals surface area contributed by atoms with Gasteiger partial charge in [-0.2, -0.15) is 5.10 Å². The van der Waals surface area contributed by atoms with Gasteiger partial charge in [0.1, 0.15) is 5.82 Å². The minimum absolute atomic E-state index is 0.133. The molecule has 6 nitrogen and oxygen atoms in total. The molecule has 1 heterocycles. The van der Waals surface area contributed by atoms with Crippen LogP contribution in [-0.2, 0) is 11.2 Å². The predicted octanol–water partition coefficient (Wildman–Crippen LogP) is 0.828. The van der Waals surface area contributed by atoms with E-state index in [1.54, 1.807) is 0 Å². The number of rotatable bonds is 5. The molecule has 3 rings (SSSR count). The smallest absolute Gasteiger partial charge is 0.340 e. The van der Waals surface area contributed by atoms with Crippen LogP contribution in [0.3, 0.4) is 0 Å². The number of amides is 1. The second-order valence-electron chi connectivity index (χ2n) is 5.92. The van der Waals surface area contributed by atoms with E-state index in [4.69, 9.17) is 0 Å². The minimum Gasteiger partial charge on any atom is -0.356 e. The van der Waals surface area contributed by atoms with Crippen LogP contribution >= 0.6 is 0 Å². The largest absolute Gasteiger partial charge is 0.356 e. The number of aromatic nitrogens is 3. The van der Waals surface area contributed by atoms with Crippen molar-refractivity contribution in [3.63, 3.8) is 0 Å². The van der Waals surface area contributed by atoms with Crippen molar-refractivity contribution in [1.29, 1.82) is 0 Å². The van der Waals surface area contributed by atoms with Crippen LogP contribution < -0.4 is 11.0 Å². The van der Waals surface area contributed by atoms with Gasteiger partial charge in [0, 0.05) is 30.7 Å². The fourth-order valence-corrected chi connectivity index (χ4v) is 3.25. The van der Waals surface area contributed by atoms with Crippen molar-refractivity contribution in [2.75, 3.05) is 6.54 Å². The highest BCUT2D eigenvalue weighted by Crippen LogP contribution is 2.63. The van der Waals surface area contributed by atoms with E-state index >= 15 is 0 Å². The minimum atomic E-state index is -2.54. The van der Waals surface area contributed by atoms with E-state index in [1.165, 1.54) is 0 Å². The number of carbonyl (C=O) groups is 1. The Balaban J connectivity index is 1.38. The number of hydrogen-bond donors (Lipinski definition) is 3. The third-order valence-corrected chi connectivity index (χ3v) is 4.54. The Labute approximate surface area is 119 Å². The molecular formula is C13H18F2N4O2. The van der Waals surface area contributed by atoms with Crippen molar-refractivity contribution in [3.8, 4) is 0 Å². The van der Waals surface area contributed by atoms with E-state index in [2.05, 4.69) is 20.5 Å². The molecule has 116 valence electrons. The number of aromatic amines is 2. The first-order valence-corrected chi connectivity index (χ1v) is 7.27. The molecule has 2 aliphatic rings. The number of alkyl halides is 2. The average molecular weight is 300 g/mol. The van der Waals surface area contributed by atoms with Crippen molar-refractivity contribution in [3.05, 3.63) is 16.3 Å². The van der Waals surface area contributed by atoms with Gasteiger partial charge in [-0.25, -0.2) is 18.7 Å². The van der Waals surface area contributed by atoms with E-state index in [1.807, 2.05) is 0 Å². The van der Waals surface area contributed by atoms with Crippen LogP contribution in [0.15, 0.2) is 4.79 Å². The molecule has 2 saturated carbocycles. The van der Waals surface area contributed by atoms with Crippen molar-refractivity contribution in [2.24, 2.45) is 17.8 Å². The lowest BCUT2D eigenvalue weighted by molar-refractivity contribution is -0.126. The number of nitrogens with one attached hydrogen (secondary N) is 3. The predicted molar refractivity (Wildman–Crippen MR) is 69.8 cm³/mol. The monoisotopic (exact) mass is 300 g/mol. The highest BCUT2D eigenvalue weighted by molar-refractivity contribution is 5.78. The summed E-state index contributed by atoms with van der Waals surface area (Å²) in [5.74, 6) is -3.49. The van der Waals surface area contributed by atoms with Gasteiger partial charge in [-0.3, -0.25) is 9.78 Å². The van der Waals surface area contributed by atoms with Gasteiger partial charge < -0.3 is 5.32 Å². The summed E-state index contributed by atoms with van der Waals surface area (Å²) in [6.45, 7) is 0.453. The molecule has 0 spiro atoms. The molecule has 2 fully saturated rings. The summed E-state index contributed by atoms with van der Waals surface area (Å²) in [4.78, 5) is 25.3. The summed E-state index contributed by atoms with van der Waals surface area (Å²) >= 11 is 0. The van der Waals surface area contributed by atoms with E-state index in [0.717, 1.165) is 0 Å². The first-order valence-electron chi connectivity index (χ1n) is 7.27. The zero-order valence-corrected chi connectivity index (χ0v) is 11.5. The molecule has 0 unspecified atom stereocenters. The number of H-pyrrole nitrogens is 2. The molecule has 1 aromatic rings. The third kappa shape index (κ3) is 2.84. The molecule has 0 saturated heterocycles. The highest BCUT2D eigenvalue weighted by atomic mass is 19.3. The zero-order valence-electron chi connectivity index (χ0n) is 11.5. The summed E-state index contributed by atoms with van der Waals surface area (Å²) in [5.41, 5.74) is -0.351. The highest BCUT2D eigenvalue weighted by Gasteiger charge is 2.69. The van der Waals surface area contributed by atoms with Gasteiger partial charge in [-0.15, -0.1) is 0 Å². The van der Waals surface area contributed by atoms with Crippen LogP contribution in [0.25, 0.3) is 0 Å². The molecule has 3 N–H and O–H groups in total. The molecule has 2 aliphatic carbocycles. The van der Waals surface area contributed by atoms with Crippen molar-refractivity contribution in [1.82, 2.24) is 20.5 Å². The van der Waals surface area contributed by atoms with E-state index in [-0.39, 0.29) is 17.5 Å². The Morgan fingerprint density at radius 1 is 1.38 bits per heavy atom. The average Bonchev–Trinajstić information content (AvgIpc) is 2.80. The second-order valence-corrected chi connectivity index (χ2v) is 5.92. The van der Waals surface area contributed by atoms with E-state index < -0.39 is 17.8 Å². The standard InChI is InChI=1S/C13H18F2N4O2/c14-13(15)8-4-3-7(6-9(8)13)11(20)16-5-1-2-10-17-12(21)19-18-10/h7-9H,1-6H2,(H,16,20)(H2,17,18,19,21)/t7-,8+,9-/m0/s1. The van der Waals surface area contributed by atoms with Gasteiger partial charge in [0.25, 0.3) is 5.92 Å². The van der Waals surface area contributed by atoms with E-state index in [9.17, 15) is 18.4 Å². The fraction of sp³-hybridized carbons (Fsp3) is 0.769. The van der Waals surface area contributed by atoms with Gasteiger partial charge in [0.2, 0.25) is 5.91 Å². The number of hydrogen-bond acceptors (Lipinski definition) is 3. The summed E-state index contributed by atoms with van der Waals surface area (Å²) < 4.78 is 26.5. The lowest BCUT2D eigenvalue weighted by atomic mass is 9.88. The fourth-order valence-electron chi connectivity index (χ4n) is 3.25. The van der Waals surface area contributed by atoms with Gasteiger partial charge in [0.15, 0.2) is 0 Å². The Bertz CT molecular complexity index is 583. The Hall–Kier alpha value is -1.73. The Kier molecular flexibility index (Phi) is 3.54.